The lowest BCUT2D eigenvalue weighted by molar-refractivity contribution is -0.122. The number of hydrogen-bond donors (Lipinski definition) is 2. The van der Waals surface area contributed by atoms with Crippen LogP contribution in [0.3, 0.4) is 0 Å². The van der Waals surface area contributed by atoms with Crippen LogP contribution in [0.4, 0.5) is 0 Å². The molecule has 0 fully saturated rings. The summed E-state index contributed by atoms with van der Waals surface area (Å²) in [6.45, 7) is 5.26. The number of nitrogens with one attached hydrogen (secondary N) is 1. The molecule has 0 saturated carbocycles. The highest BCUT2D eigenvalue weighted by Gasteiger charge is 2.12. The van der Waals surface area contributed by atoms with E-state index in [1.807, 2.05) is 0 Å². The summed E-state index contributed by atoms with van der Waals surface area (Å²) in [6.07, 6.45) is 4.37. The summed E-state index contributed by atoms with van der Waals surface area (Å²) in [4.78, 5) is 15.5. The molecule has 0 aliphatic heterocycles. The molecule has 1 rings (SSSR count). The van der Waals surface area contributed by atoms with Crippen molar-refractivity contribution in [3.63, 3.8) is 0 Å². The summed E-state index contributed by atoms with van der Waals surface area (Å²) < 4.78 is 1.64. The van der Waals surface area contributed by atoms with Gasteiger partial charge in [-0.1, -0.05) is 13.8 Å². The summed E-state index contributed by atoms with van der Waals surface area (Å²) in [5.74, 6) is 0.538. The Bertz CT molecular complexity index is 323. The van der Waals surface area contributed by atoms with Crippen LogP contribution < -0.4 is 11.1 Å². The van der Waals surface area contributed by atoms with Crippen LogP contribution in [0.25, 0.3) is 0 Å². The minimum Gasteiger partial charge on any atom is -0.352 e. The van der Waals surface area contributed by atoms with Crippen molar-refractivity contribution >= 4 is 5.91 Å². The Kier molecular flexibility index (Phi) is 5.62. The summed E-state index contributed by atoms with van der Waals surface area (Å²) in [7, 11) is 0. The number of amides is 1. The van der Waals surface area contributed by atoms with Gasteiger partial charge < -0.3 is 11.1 Å². The first kappa shape index (κ1) is 13.6. The van der Waals surface area contributed by atoms with Crippen molar-refractivity contribution in [1.82, 2.24) is 20.1 Å². The second kappa shape index (κ2) is 7.01. The van der Waals surface area contributed by atoms with Crippen LogP contribution in [0.1, 0.15) is 26.7 Å². The molecule has 0 bridgehead atoms. The minimum absolute atomic E-state index is 0.0107. The second-order valence-electron chi connectivity index (χ2n) is 4.54. The van der Waals surface area contributed by atoms with E-state index in [9.17, 15) is 4.79 Å². The van der Waals surface area contributed by atoms with Crippen LogP contribution in [0.2, 0.25) is 0 Å². The van der Waals surface area contributed by atoms with Gasteiger partial charge in [0.2, 0.25) is 5.91 Å². The van der Waals surface area contributed by atoms with Crippen molar-refractivity contribution in [1.29, 1.82) is 0 Å². The monoisotopic (exact) mass is 239 g/mol. The third kappa shape index (κ3) is 5.44. The molecular weight excluding hydrogens is 218 g/mol. The third-order valence-electron chi connectivity index (χ3n) is 2.44. The predicted molar refractivity (Wildman–Crippen MR) is 65.1 cm³/mol. The number of carbonyl (C=O) groups is 1. The van der Waals surface area contributed by atoms with Gasteiger partial charge in [0.05, 0.1) is 6.54 Å². The van der Waals surface area contributed by atoms with Gasteiger partial charge in [-0.25, -0.2) is 4.98 Å². The van der Waals surface area contributed by atoms with Crippen LogP contribution in [-0.4, -0.2) is 33.3 Å². The van der Waals surface area contributed by atoms with Gasteiger partial charge in [-0.3, -0.25) is 9.48 Å². The number of hydrogen-bond acceptors (Lipinski definition) is 4. The maximum atomic E-state index is 11.7. The number of rotatable bonds is 7. The van der Waals surface area contributed by atoms with Crippen LogP contribution in [0.15, 0.2) is 12.7 Å². The summed E-state index contributed by atoms with van der Waals surface area (Å²) in [5.41, 5.74) is 5.62. The van der Waals surface area contributed by atoms with Gasteiger partial charge >= 0.3 is 0 Å². The molecule has 1 aromatic rings. The summed E-state index contributed by atoms with van der Waals surface area (Å²) in [5, 5.41) is 6.87. The Hall–Kier alpha value is -1.43. The topological polar surface area (TPSA) is 85.8 Å². The molecule has 3 N–H and O–H groups in total. The fourth-order valence-corrected chi connectivity index (χ4v) is 1.65. The third-order valence-corrected chi connectivity index (χ3v) is 2.44. The molecule has 0 saturated heterocycles. The van der Waals surface area contributed by atoms with Gasteiger partial charge in [-0.05, 0) is 12.3 Å². The highest BCUT2D eigenvalue weighted by atomic mass is 16.1. The average molecular weight is 239 g/mol. The molecule has 1 atom stereocenters. The van der Waals surface area contributed by atoms with Crippen LogP contribution in [0.5, 0.6) is 0 Å². The molecule has 1 heterocycles. The second-order valence-corrected chi connectivity index (χ2v) is 4.54. The molecule has 0 radical (unpaired) electrons. The SMILES string of the molecule is CC(C)CC(CN)NC(=O)CCn1cncn1. The summed E-state index contributed by atoms with van der Waals surface area (Å²) >= 11 is 0. The van der Waals surface area contributed by atoms with E-state index in [4.69, 9.17) is 5.73 Å². The van der Waals surface area contributed by atoms with Crippen molar-refractivity contribution < 1.29 is 4.79 Å². The minimum atomic E-state index is 0.0107. The van der Waals surface area contributed by atoms with Crippen molar-refractivity contribution in [2.75, 3.05) is 6.54 Å². The molecule has 0 aliphatic carbocycles. The zero-order chi connectivity index (χ0) is 12.7. The van der Waals surface area contributed by atoms with E-state index >= 15 is 0 Å². The molecule has 1 aromatic heterocycles. The van der Waals surface area contributed by atoms with E-state index < -0.39 is 0 Å². The van der Waals surface area contributed by atoms with Gasteiger partial charge in [0, 0.05) is 19.0 Å². The molecule has 0 spiro atoms. The van der Waals surface area contributed by atoms with E-state index in [1.165, 1.54) is 6.33 Å². The quantitative estimate of drug-likeness (QED) is 0.709. The zero-order valence-corrected chi connectivity index (χ0v) is 10.5. The lowest BCUT2D eigenvalue weighted by Crippen LogP contribution is -2.41. The Balaban J connectivity index is 2.27. The van der Waals surface area contributed by atoms with E-state index in [-0.39, 0.29) is 11.9 Å². The number of carbonyl (C=O) groups excluding carboxylic acids is 1. The molecule has 96 valence electrons. The maximum Gasteiger partial charge on any atom is 0.222 e. The first-order chi connectivity index (χ1) is 8.11. The van der Waals surface area contributed by atoms with Crippen molar-refractivity contribution in [2.24, 2.45) is 11.7 Å². The van der Waals surface area contributed by atoms with Crippen LogP contribution >= 0.6 is 0 Å². The number of aryl methyl sites for hydroxylation is 1. The van der Waals surface area contributed by atoms with E-state index in [2.05, 4.69) is 29.2 Å². The zero-order valence-electron chi connectivity index (χ0n) is 10.5. The van der Waals surface area contributed by atoms with Crippen LogP contribution in [0, 0.1) is 5.92 Å². The molecule has 6 nitrogen and oxygen atoms in total. The molecule has 6 heteroatoms. The molecule has 1 amide bonds. The number of nitrogens with zero attached hydrogens (tertiary/aromatic N) is 3. The average Bonchev–Trinajstić information content (AvgIpc) is 2.77. The normalized spacial score (nSPS) is 12.7. The highest BCUT2D eigenvalue weighted by molar-refractivity contribution is 5.76. The number of aromatic nitrogens is 3. The van der Waals surface area contributed by atoms with Crippen molar-refractivity contribution in [3.8, 4) is 0 Å². The largest absolute Gasteiger partial charge is 0.352 e. The van der Waals surface area contributed by atoms with Crippen molar-refractivity contribution in [3.05, 3.63) is 12.7 Å². The van der Waals surface area contributed by atoms with Crippen LogP contribution in [-0.2, 0) is 11.3 Å². The Labute approximate surface area is 102 Å². The first-order valence-corrected chi connectivity index (χ1v) is 5.93. The Morgan fingerprint density at radius 3 is 2.82 bits per heavy atom. The molecule has 1 unspecified atom stereocenters. The molecule has 17 heavy (non-hydrogen) atoms. The predicted octanol–water partition coefficient (Wildman–Crippen LogP) is 0.158. The smallest absolute Gasteiger partial charge is 0.222 e. The number of nitrogens with two attached hydrogens (primary N) is 1. The lowest BCUT2D eigenvalue weighted by Gasteiger charge is -2.18. The van der Waals surface area contributed by atoms with Gasteiger partial charge in [-0.15, -0.1) is 0 Å². The Morgan fingerprint density at radius 1 is 1.53 bits per heavy atom. The highest BCUT2D eigenvalue weighted by Crippen LogP contribution is 2.03. The van der Waals surface area contributed by atoms with Gasteiger partial charge in [0.25, 0.3) is 0 Å². The van der Waals surface area contributed by atoms with Gasteiger partial charge in [-0.2, -0.15) is 5.10 Å². The fraction of sp³-hybridized carbons (Fsp3) is 0.727. The lowest BCUT2D eigenvalue weighted by atomic mass is 10.0. The molecule has 0 aliphatic rings. The summed E-state index contributed by atoms with van der Waals surface area (Å²) in [6, 6.07) is 0.0678. The standard InChI is InChI=1S/C11H21N5O/c1-9(2)5-10(6-12)15-11(17)3-4-16-8-13-7-14-16/h7-10H,3-6,12H2,1-2H3,(H,15,17). The van der Waals surface area contributed by atoms with E-state index in [0.29, 0.717) is 25.4 Å². The Morgan fingerprint density at radius 2 is 2.29 bits per heavy atom. The van der Waals surface area contributed by atoms with Gasteiger partial charge in [0.1, 0.15) is 12.7 Å². The fourth-order valence-electron chi connectivity index (χ4n) is 1.65. The first-order valence-electron chi connectivity index (χ1n) is 5.93. The van der Waals surface area contributed by atoms with Gasteiger partial charge in [0.15, 0.2) is 0 Å². The van der Waals surface area contributed by atoms with E-state index in [1.54, 1.807) is 11.0 Å². The van der Waals surface area contributed by atoms with E-state index in [0.717, 1.165) is 6.42 Å². The molecule has 0 aromatic carbocycles. The molecular formula is C11H21N5O. The van der Waals surface area contributed by atoms with Crippen molar-refractivity contribution in [2.45, 2.75) is 39.3 Å². The maximum absolute atomic E-state index is 11.7.